The number of hydrogen-bond donors (Lipinski definition) is 2. The maximum atomic E-state index is 13.8. The molecule has 0 bridgehead atoms. The van der Waals surface area contributed by atoms with Gasteiger partial charge in [-0.1, -0.05) is 152 Å². The molecule has 0 aliphatic heterocycles. The van der Waals surface area contributed by atoms with E-state index < -0.39 is 40.5 Å². The summed E-state index contributed by atoms with van der Waals surface area (Å²) in [4.78, 5) is 40.9. The van der Waals surface area contributed by atoms with Crippen LogP contribution in [0.3, 0.4) is 0 Å². The normalized spacial score (nSPS) is 13.4. The van der Waals surface area contributed by atoms with Crippen molar-refractivity contribution in [3.05, 3.63) is 180 Å². The highest BCUT2D eigenvalue weighted by Gasteiger charge is 2.38. The van der Waals surface area contributed by atoms with Crippen LogP contribution in [0.25, 0.3) is 11.1 Å². The van der Waals surface area contributed by atoms with Crippen LogP contribution < -0.4 is 10.6 Å². The van der Waals surface area contributed by atoms with E-state index in [2.05, 4.69) is 65.7 Å². The molecule has 0 saturated carbocycles. The molecule has 288 valence electrons. The Balaban J connectivity index is 1.24. The lowest BCUT2D eigenvalue weighted by molar-refractivity contribution is -0.156. The van der Waals surface area contributed by atoms with Crippen molar-refractivity contribution in [1.29, 1.82) is 0 Å². The molecule has 1 aliphatic carbocycles. The van der Waals surface area contributed by atoms with E-state index in [0.29, 0.717) is 0 Å². The van der Waals surface area contributed by atoms with Crippen LogP contribution >= 0.6 is 11.8 Å². The van der Waals surface area contributed by atoms with Crippen molar-refractivity contribution >= 4 is 29.8 Å². The summed E-state index contributed by atoms with van der Waals surface area (Å²) in [6.45, 7) is 9.24. The Hall–Kier alpha value is -5.64. The summed E-state index contributed by atoms with van der Waals surface area (Å²) >= 11 is 1.19. The monoisotopic (exact) mass is 768 g/mol. The third-order valence-electron chi connectivity index (χ3n) is 9.57. The van der Waals surface area contributed by atoms with Gasteiger partial charge in [-0.2, -0.15) is 0 Å². The number of rotatable bonds is 16. The van der Waals surface area contributed by atoms with Crippen molar-refractivity contribution in [2.24, 2.45) is 0 Å². The number of carbonyl (C=O) groups excluding carboxylic acids is 3. The fraction of sp³-hybridized carbons (Fsp3) is 0.255. The molecule has 0 aromatic heterocycles. The average Bonchev–Trinajstić information content (AvgIpc) is 3.53. The molecule has 5 aromatic rings. The third-order valence-corrected chi connectivity index (χ3v) is 10.9. The number of alkyl carbamates (subject to hydrolysis) is 1. The molecule has 2 N–H and O–H groups in total. The maximum absolute atomic E-state index is 13.8. The quantitative estimate of drug-likeness (QED) is 0.0445. The first kappa shape index (κ1) is 40.0. The molecule has 9 heteroatoms. The van der Waals surface area contributed by atoms with E-state index in [1.807, 2.05) is 91.0 Å². The number of carbonyl (C=O) groups is 3. The highest BCUT2D eigenvalue weighted by atomic mass is 32.2. The summed E-state index contributed by atoms with van der Waals surface area (Å²) < 4.78 is 17.2. The molecule has 0 fully saturated rings. The second-order valence-corrected chi connectivity index (χ2v) is 15.8. The molecule has 0 saturated heterocycles. The smallest absolute Gasteiger partial charge is 0.407 e. The number of amides is 1. The van der Waals surface area contributed by atoms with Crippen molar-refractivity contribution in [2.45, 2.75) is 49.1 Å². The molecule has 1 amide bonds. The Bertz CT molecular complexity index is 1960. The minimum atomic E-state index is -1.13. The Kier molecular flexibility index (Phi) is 13.1. The predicted molar refractivity (Wildman–Crippen MR) is 222 cm³/mol. The van der Waals surface area contributed by atoms with E-state index in [0.717, 1.165) is 38.9 Å². The van der Waals surface area contributed by atoms with Gasteiger partial charge in [0, 0.05) is 18.2 Å². The summed E-state index contributed by atoms with van der Waals surface area (Å²) in [7, 11) is 0. The lowest BCUT2D eigenvalue weighted by Gasteiger charge is -2.38. The number of benzene rings is 5. The van der Waals surface area contributed by atoms with Crippen LogP contribution in [0.1, 0.15) is 54.5 Å². The van der Waals surface area contributed by atoms with E-state index >= 15 is 0 Å². The van der Waals surface area contributed by atoms with E-state index in [4.69, 9.17) is 14.2 Å². The van der Waals surface area contributed by atoms with Gasteiger partial charge in [-0.15, -0.1) is 11.8 Å². The van der Waals surface area contributed by atoms with E-state index in [1.165, 1.54) is 17.8 Å². The Morgan fingerprint density at radius 1 is 0.696 bits per heavy atom. The van der Waals surface area contributed by atoms with Crippen LogP contribution in [0.15, 0.2) is 152 Å². The topological polar surface area (TPSA) is 103 Å². The van der Waals surface area contributed by atoms with Crippen LogP contribution in [0.5, 0.6) is 0 Å². The molecule has 6 rings (SSSR count). The van der Waals surface area contributed by atoms with Crippen molar-refractivity contribution in [3.8, 4) is 11.1 Å². The van der Waals surface area contributed by atoms with Gasteiger partial charge in [-0.05, 0) is 59.7 Å². The van der Waals surface area contributed by atoms with Gasteiger partial charge >= 0.3 is 18.0 Å². The van der Waals surface area contributed by atoms with Gasteiger partial charge in [0.15, 0.2) is 0 Å². The summed E-state index contributed by atoms with van der Waals surface area (Å²) in [5.74, 6) is -1.29. The van der Waals surface area contributed by atoms with Gasteiger partial charge in [0.05, 0.1) is 5.54 Å². The lowest BCUT2D eigenvalue weighted by atomic mass is 9.77. The first-order valence-corrected chi connectivity index (χ1v) is 19.8. The van der Waals surface area contributed by atoms with Crippen LogP contribution in [0.2, 0.25) is 0 Å². The highest BCUT2D eigenvalue weighted by Crippen LogP contribution is 2.44. The fourth-order valence-electron chi connectivity index (χ4n) is 7.10. The second-order valence-electron chi connectivity index (χ2n) is 14.5. The largest absolute Gasteiger partial charge is 0.461 e. The number of thioether (sulfide) groups is 1. The van der Waals surface area contributed by atoms with Crippen molar-refractivity contribution in [3.63, 3.8) is 0 Å². The molecule has 0 heterocycles. The van der Waals surface area contributed by atoms with Crippen molar-refractivity contribution < 1.29 is 28.6 Å². The summed E-state index contributed by atoms with van der Waals surface area (Å²) in [5.41, 5.74) is 5.62. The second kappa shape index (κ2) is 18.3. The number of esters is 2. The molecule has 2 atom stereocenters. The maximum Gasteiger partial charge on any atom is 0.407 e. The summed E-state index contributed by atoms with van der Waals surface area (Å²) in [6, 6.07) is 45.2. The molecule has 0 radical (unpaired) electrons. The summed E-state index contributed by atoms with van der Waals surface area (Å²) in [6.07, 6.45) is 0.751. The van der Waals surface area contributed by atoms with Gasteiger partial charge in [0.25, 0.3) is 0 Å². The van der Waals surface area contributed by atoms with E-state index in [9.17, 15) is 14.4 Å². The fourth-order valence-corrected chi connectivity index (χ4v) is 8.15. The highest BCUT2D eigenvalue weighted by molar-refractivity contribution is 8.00. The number of nitrogens with one attached hydrogen (secondary N) is 2. The molecule has 56 heavy (non-hydrogen) atoms. The molecular formula is C47H48N2O6S. The zero-order valence-corrected chi connectivity index (χ0v) is 32.8. The van der Waals surface area contributed by atoms with E-state index in [1.54, 1.807) is 20.8 Å². The van der Waals surface area contributed by atoms with Gasteiger partial charge in [-0.25, -0.2) is 9.59 Å². The van der Waals surface area contributed by atoms with Gasteiger partial charge < -0.3 is 19.5 Å². The van der Waals surface area contributed by atoms with E-state index in [-0.39, 0.29) is 31.4 Å². The van der Waals surface area contributed by atoms with Gasteiger partial charge in [0.2, 0.25) is 0 Å². The SMILES string of the molecule is C=CCOC(=O)C(CNC(c1ccccc1)(c1ccccc1)c1ccccc1)SC[C@H](NC(=O)OCC1c2ccccc2-c2ccccc21)C(=O)OC(C)(C)C. The van der Waals surface area contributed by atoms with Crippen molar-refractivity contribution in [1.82, 2.24) is 10.6 Å². The van der Waals surface area contributed by atoms with Crippen LogP contribution in [-0.2, 0) is 29.3 Å². The standard InChI is InChI=1S/C47H48N2O6S/c1-5-29-53-44(51)42(30-48-47(33-19-9-6-10-20-33,34-21-11-7-12-22-34)35-23-13-8-14-24-35)56-32-41(43(50)55-46(2,3)4)49-45(52)54-31-40-38-27-17-15-25-36(38)37-26-16-18-28-39(37)40/h5-28,40-42,48H,1,29-32H2,2-4H3,(H,49,52)/t41-,42?/m0/s1. The Labute approximate surface area is 333 Å². The zero-order valence-electron chi connectivity index (χ0n) is 32.0. The minimum Gasteiger partial charge on any atom is -0.461 e. The summed E-state index contributed by atoms with van der Waals surface area (Å²) in [5, 5.41) is 5.71. The Morgan fingerprint density at radius 3 is 1.66 bits per heavy atom. The zero-order chi connectivity index (χ0) is 39.5. The Morgan fingerprint density at radius 2 is 1.18 bits per heavy atom. The molecular weight excluding hydrogens is 721 g/mol. The van der Waals surface area contributed by atoms with Gasteiger partial charge in [-0.3, -0.25) is 10.1 Å². The molecule has 1 aliphatic rings. The third kappa shape index (κ3) is 9.41. The molecule has 5 aromatic carbocycles. The number of ether oxygens (including phenoxy) is 3. The van der Waals surface area contributed by atoms with Gasteiger partial charge in [0.1, 0.15) is 30.1 Å². The molecule has 0 spiro atoms. The minimum absolute atomic E-state index is 0.00363. The van der Waals surface area contributed by atoms with Crippen LogP contribution in [0.4, 0.5) is 4.79 Å². The number of hydrogen-bond acceptors (Lipinski definition) is 8. The van der Waals surface area contributed by atoms with Crippen molar-refractivity contribution in [2.75, 3.05) is 25.5 Å². The predicted octanol–water partition coefficient (Wildman–Crippen LogP) is 8.65. The first-order chi connectivity index (χ1) is 27.1. The van der Waals surface area contributed by atoms with Crippen LogP contribution in [0, 0.1) is 0 Å². The lowest BCUT2D eigenvalue weighted by Crippen LogP contribution is -2.49. The average molecular weight is 769 g/mol. The first-order valence-electron chi connectivity index (χ1n) is 18.8. The molecule has 8 nitrogen and oxygen atoms in total. The number of fused-ring (bicyclic) bond motifs is 3. The molecule has 1 unspecified atom stereocenters. The van der Waals surface area contributed by atoms with Crippen LogP contribution in [-0.4, -0.2) is 60.4 Å².